The molecule has 2 rings (SSSR count). The summed E-state index contributed by atoms with van der Waals surface area (Å²) in [4.78, 5) is 0. The molecule has 0 amide bonds. The van der Waals surface area contributed by atoms with E-state index < -0.39 is 0 Å². The van der Waals surface area contributed by atoms with Crippen molar-refractivity contribution in [3.05, 3.63) is 29.3 Å². The number of ether oxygens (including phenoxy) is 3. The molecule has 112 valence electrons. The highest BCUT2D eigenvalue weighted by Gasteiger charge is 2.15. The second-order valence-corrected chi connectivity index (χ2v) is 5.08. The Balaban J connectivity index is 1.89. The quantitative estimate of drug-likeness (QED) is 0.793. The van der Waals surface area contributed by atoms with Gasteiger partial charge in [-0.25, -0.2) is 0 Å². The zero-order valence-corrected chi connectivity index (χ0v) is 12.5. The van der Waals surface area contributed by atoms with Gasteiger partial charge in [0.25, 0.3) is 0 Å². The van der Waals surface area contributed by atoms with Crippen LogP contribution >= 0.6 is 0 Å². The van der Waals surface area contributed by atoms with E-state index in [2.05, 4.69) is 24.4 Å². The molecule has 0 radical (unpaired) electrons. The maximum atomic E-state index is 5.78. The van der Waals surface area contributed by atoms with Crippen molar-refractivity contribution in [3.8, 4) is 5.75 Å². The van der Waals surface area contributed by atoms with E-state index in [1.807, 2.05) is 6.07 Å². The molecule has 1 saturated heterocycles. The lowest BCUT2D eigenvalue weighted by molar-refractivity contribution is 0.0101. The maximum Gasteiger partial charge on any atom is 0.124 e. The number of hydrogen-bond acceptors (Lipinski definition) is 4. The Bertz CT molecular complexity index is 403. The van der Waals surface area contributed by atoms with Crippen molar-refractivity contribution < 1.29 is 14.2 Å². The molecule has 0 aromatic heterocycles. The first kappa shape index (κ1) is 15.3. The van der Waals surface area contributed by atoms with Crippen molar-refractivity contribution in [1.29, 1.82) is 0 Å². The van der Waals surface area contributed by atoms with Crippen LogP contribution in [0.1, 0.15) is 30.9 Å². The highest BCUT2D eigenvalue weighted by molar-refractivity contribution is 5.36. The third-order valence-corrected chi connectivity index (χ3v) is 3.51. The fourth-order valence-electron chi connectivity index (χ4n) is 2.40. The van der Waals surface area contributed by atoms with Gasteiger partial charge < -0.3 is 19.5 Å². The zero-order chi connectivity index (χ0) is 14.2. The Morgan fingerprint density at radius 1 is 1.40 bits per heavy atom. The summed E-state index contributed by atoms with van der Waals surface area (Å²) in [5, 5.41) is 3.33. The molecule has 1 unspecified atom stereocenters. The Morgan fingerprint density at radius 2 is 2.30 bits per heavy atom. The van der Waals surface area contributed by atoms with E-state index in [1.54, 1.807) is 7.11 Å². The summed E-state index contributed by atoms with van der Waals surface area (Å²) < 4.78 is 16.7. The van der Waals surface area contributed by atoms with Gasteiger partial charge in [-0.1, -0.05) is 13.0 Å². The molecule has 4 nitrogen and oxygen atoms in total. The molecule has 1 atom stereocenters. The van der Waals surface area contributed by atoms with Crippen molar-refractivity contribution in [1.82, 2.24) is 5.32 Å². The van der Waals surface area contributed by atoms with E-state index >= 15 is 0 Å². The predicted molar refractivity (Wildman–Crippen MR) is 79.0 cm³/mol. The summed E-state index contributed by atoms with van der Waals surface area (Å²) in [6, 6.07) is 6.25. The standard InChI is InChI=1S/C16H25NO3/c1-3-17-10-13-6-7-16(18-2)14(9-13)11-19-12-15-5-4-8-20-15/h6-7,9,15,17H,3-5,8,10-12H2,1-2H3. The number of rotatable bonds is 8. The molecule has 1 fully saturated rings. The molecule has 0 saturated carbocycles. The Labute approximate surface area is 121 Å². The summed E-state index contributed by atoms with van der Waals surface area (Å²) in [6.07, 6.45) is 2.53. The second kappa shape index (κ2) is 8.25. The molecule has 1 heterocycles. The molecular weight excluding hydrogens is 254 g/mol. The highest BCUT2D eigenvalue weighted by atomic mass is 16.5. The van der Waals surface area contributed by atoms with E-state index in [1.165, 1.54) is 5.56 Å². The van der Waals surface area contributed by atoms with Crippen LogP contribution in [0.2, 0.25) is 0 Å². The van der Waals surface area contributed by atoms with Crippen LogP contribution in [0.25, 0.3) is 0 Å². The number of hydrogen-bond donors (Lipinski definition) is 1. The molecule has 1 aliphatic rings. The number of nitrogens with one attached hydrogen (secondary N) is 1. The molecule has 20 heavy (non-hydrogen) atoms. The van der Waals surface area contributed by atoms with Gasteiger partial charge in [-0.3, -0.25) is 0 Å². The lowest BCUT2D eigenvalue weighted by atomic mass is 10.1. The Hall–Kier alpha value is -1.10. The molecule has 1 N–H and O–H groups in total. The minimum Gasteiger partial charge on any atom is -0.496 e. The molecule has 1 aliphatic heterocycles. The number of benzene rings is 1. The average molecular weight is 279 g/mol. The molecule has 0 spiro atoms. The van der Waals surface area contributed by atoms with Crippen LogP contribution in [-0.2, 0) is 22.6 Å². The minimum absolute atomic E-state index is 0.269. The average Bonchev–Trinajstić information content (AvgIpc) is 2.98. The van der Waals surface area contributed by atoms with Gasteiger partial charge in [0.15, 0.2) is 0 Å². The Morgan fingerprint density at radius 3 is 3.00 bits per heavy atom. The van der Waals surface area contributed by atoms with E-state index in [0.717, 1.165) is 43.9 Å². The van der Waals surface area contributed by atoms with Gasteiger partial charge in [-0.05, 0) is 37.1 Å². The van der Waals surface area contributed by atoms with Crippen LogP contribution in [0.4, 0.5) is 0 Å². The van der Waals surface area contributed by atoms with Gasteiger partial charge in [0.2, 0.25) is 0 Å². The summed E-state index contributed by atoms with van der Waals surface area (Å²) in [5.74, 6) is 0.887. The van der Waals surface area contributed by atoms with Gasteiger partial charge in [0.05, 0.1) is 26.4 Å². The minimum atomic E-state index is 0.269. The first-order chi connectivity index (χ1) is 9.83. The maximum absolute atomic E-state index is 5.78. The van der Waals surface area contributed by atoms with Crippen molar-refractivity contribution in [2.75, 3.05) is 26.9 Å². The largest absolute Gasteiger partial charge is 0.496 e. The lowest BCUT2D eigenvalue weighted by Gasteiger charge is -2.13. The third-order valence-electron chi connectivity index (χ3n) is 3.51. The van der Waals surface area contributed by atoms with Gasteiger partial charge >= 0.3 is 0 Å². The normalized spacial score (nSPS) is 18.4. The summed E-state index contributed by atoms with van der Waals surface area (Å²) >= 11 is 0. The lowest BCUT2D eigenvalue weighted by Crippen LogP contribution is -2.14. The molecule has 1 aromatic carbocycles. The SMILES string of the molecule is CCNCc1ccc(OC)c(COCC2CCCO2)c1. The van der Waals surface area contributed by atoms with E-state index in [0.29, 0.717) is 13.2 Å². The first-order valence-corrected chi connectivity index (χ1v) is 7.39. The van der Waals surface area contributed by atoms with Crippen molar-refractivity contribution in [3.63, 3.8) is 0 Å². The number of methoxy groups -OCH3 is 1. The van der Waals surface area contributed by atoms with Crippen molar-refractivity contribution >= 4 is 0 Å². The molecular formula is C16H25NO3. The topological polar surface area (TPSA) is 39.7 Å². The molecule has 0 bridgehead atoms. The smallest absolute Gasteiger partial charge is 0.124 e. The Kier molecular flexibility index (Phi) is 6.30. The fraction of sp³-hybridized carbons (Fsp3) is 0.625. The monoisotopic (exact) mass is 279 g/mol. The zero-order valence-electron chi connectivity index (χ0n) is 12.5. The highest BCUT2D eigenvalue weighted by Crippen LogP contribution is 2.21. The van der Waals surface area contributed by atoms with Crippen LogP contribution in [0.15, 0.2) is 18.2 Å². The van der Waals surface area contributed by atoms with Gasteiger partial charge in [0, 0.05) is 18.7 Å². The molecule has 1 aromatic rings. The second-order valence-electron chi connectivity index (χ2n) is 5.08. The van der Waals surface area contributed by atoms with E-state index in [-0.39, 0.29) is 6.10 Å². The summed E-state index contributed by atoms with van der Waals surface area (Å²) in [7, 11) is 1.70. The van der Waals surface area contributed by atoms with E-state index in [9.17, 15) is 0 Å². The van der Waals surface area contributed by atoms with Crippen molar-refractivity contribution in [2.24, 2.45) is 0 Å². The van der Waals surface area contributed by atoms with Crippen LogP contribution in [0.3, 0.4) is 0 Å². The molecule has 4 heteroatoms. The van der Waals surface area contributed by atoms with Crippen LogP contribution in [0, 0.1) is 0 Å². The fourth-order valence-corrected chi connectivity index (χ4v) is 2.40. The van der Waals surface area contributed by atoms with Crippen LogP contribution in [-0.4, -0.2) is 33.0 Å². The van der Waals surface area contributed by atoms with E-state index in [4.69, 9.17) is 14.2 Å². The predicted octanol–water partition coefficient (Wildman–Crippen LogP) is 2.50. The van der Waals surface area contributed by atoms with Crippen molar-refractivity contribution in [2.45, 2.75) is 39.0 Å². The summed E-state index contributed by atoms with van der Waals surface area (Å²) in [6.45, 7) is 6.06. The molecule has 0 aliphatic carbocycles. The summed E-state index contributed by atoms with van der Waals surface area (Å²) in [5.41, 5.74) is 2.35. The van der Waals surface area contributed by atoms with Gasteiger partial charge in [-0.15, -0.1) is 0 Å². The van der Waals surface area contributed by atoms with Gasteiger partial charge in [0.1, 0.15) is 5.75 Å². The van der Waals surface area contributed by atoms with Crippen LogP contribution in [0.5, 0.6) is 5.75 Å². The third kappa shape index (κ3) is 4.47. The first-order valence-electron chi connectivity index (χ1n) is 7.39. The van der Waals surface area contributed by atoms with Crippen LogP contribution < -0.4 is 10.1 Å². The van der Waals surface area contributed by atoms with Gasteiger partial charge in [-0.2, -0.15) is 0 Å².